The van der Waals surface area contributed by atoms with Gasteiger partial charge in [-0.3, -0.25) is 0 Å². The third kappa shape index (κ3) is 1.96. The zero-order valence-corrected chi connectivity index (χ0v) is 11.1. The molecule has 0 radical (unpaired) electrons. The smallest absolute Gasteiger partial charge is 0.0666 e. The maximum absolute atomic E-state index is 8.94. The van der Waals surface area contributed by atoms with Crippen molar-refractivity contribution in [3.63, 3.8) is 0 Å². The minimum atomic E-state index is 0. The number of rotatable bonds is 1. The molecule has 0 spiro atoms. The number of hydrogen-bond acceptors (Lipinski definition) is 2. The van der Waals surface area contributed by atoms with E-state index in [-0.39, 0.29) is 43.8 Å². The van der Waals surface area contributed by atoms with Gasteiger partial charge in [-0.25, -0.2) is 6.61 Å². The Morgan fingerprint density at radius 3 is 2.92 bits per heavy atom. The molecule has 12 heavy (non-hydrogen) atoms. The average molecular weight is 391 g/mol. The van der Waals surface area contributed by atoms with E-state index in [1.54, 1.807) is 0 Å². The molecule has 1 fully saturated rings. The first-order chi connectivity index (χ1) is 5.42. The molecular weight excluding hydrogens is 378 g/mol. The topological polar surface area (TPSA) is 29.5 Å². The van der Waals surface area contributed by atoms with Crippen molar-refractivity contribution in [1.29, 1.82) is 0 Å². The summed E-state index contributed by atoms with van der Waals surface area (Å²) in [6.07, 6.45) is 6.59. The van der Waals surface area contributed by atoms with Crippen molar-refractivity contribution < 1.29 is 41.0 Å². The Bertz CT molecular complexity index is 170. The summed E-state index contributed by atoms with van der Waals surface area (Å²) in [4.78, 5) is 0. The Hall–Kier alpha value is 0.712. The summed E-state index contributed by atoms with van der Waals surface area (Å²) in [5, 5.41) is 8.94. The van der Waals surface area contributed by atoms with Crippen molar-refractivity contribution in [3.8, 4) is 0 Å². The molecule has 66 valence electrons. The van der Waals surface area contributed by atoms with Crippen molar-refractivity contribution in [3.05, 3.63) is 18.8 Å². The van der Waals surface area contributed by atoms with Gasteiger partial charge in [0.1, 0.15) is 0 Å². The summed E-state index contributed by atoms with van der Waals surface area (Å²) in [5.74, 6) is 1.09. The standard InChI is InChI=1S/C9H13O2.U/c10-5-9-8-4-2-1-3-7(8)6-11-9;/h1-2,6-10H,3-5H2;/q-1;/t7-,8-,9+;/m0./s1. The fraction of sp³-hybridized carbons (Fsp3) is 0.667. The van der Waals surface area contributed by atoms with Gasteiger partial charge in [0.25, 0.3) is 0 Å². The Morgan fingerprint density at radius 1 is 1.42 bits per heavy atom. The number of ether oxygens (including phenoxy) is 1. The van der Waals surface area contributed by atoms with Crippen molar-refractivity contribution in [2.24, 2.45) is 11.8 Å². The quantitative estimate of drug-likeness (QED) is 0.537. The molecule has 2 nitrogen and oxygen atoms in total. The van der Waals surface area contributed by atoms with E-state index in [4.69, 9.17) is 9.84 Å². The maximum atomic E-state index is 8.94. The second-order valence-corrected chi connectivity index (χ2v) is 3.26. The Balaban J connectivity index is 0.000000720. The molecule has 1 aliphatic heterocycles. The Labute approximate surface area is 96.7 Å². The fourth-order valence-electron chi connectivity index (χ4n) is 1.92. The number of allylic oxidation sites excluding steroid dienone is 2. The molecule has 1 saturated heterocycles. The van der Waals surface area contributed by atoms with Gasteiger partial charge in [-0.2, -0.15) is 0 Å². The van der Waals surface area contributed by atoms with E-state index < -0.39 is 0 Å². The summed E-state index contributed by atoms with van der Waals surface area (Å²) in [5.41, 5.74) is 0. The summed E-state index contributed by atoms with van der Waals surface area (Å²) in [7, 11) is 0. The van der Waals surface area contributed by atoms with Gasteiger partial charge in [0.15, 0.2) is 0 Å². The normalized spacial score (nSPS) is 38.9. The van der Waals surface area contributed by atoms with E-state index in [1.165, 1.54) is 0 Å². The van der Waals surface area contributed by atoms with E-state index in [0.29, 0.717) is 11.8 Å². The second-order valence-electron chi connectivity index (χ2n) is 3.26. The molecule has 2 aliphatic rings. The molecule has 1 heterocycles. The van der Waals surface area contributed by atoms with Crippen LogP contribution in [0.1, 0.15) is 12.8 Å². The van der Waals surface area contributed by atoms with E-state index in [0.717, 1.165) is 12.8 Å². The van der Waals surface area contributed by atoms with Gasteiger partial charge in [-0.15, -0.1) is 5.92 Å². The van der Waals surface area contributed by atoms with Crippen LogP contribution in [0, 0.1) is 49.6 Å². The van der Waals surface area contributed by atoms with Crippen molar-refractivity contribution >= 4 is 0 Å². The molecule has 0 aromatic carbocycles. The second kappa shape index (κ2) is 4.81. The van der Waals surface area contributed by atoms with Crippen LogP contribution in [0.2, 0.25) is 0 Å². The summed E-state index contributed by atoms with van der Waals surface area (Å²) >= 11 is 0. The van der Waals surface area contributed by atoms with Gasteiger partial charge in [0.05, 0.1) is 6.61 Å². The van der Waals surface area contributed by atoms with Gasteiger partial charge in [0.2, 0.25) is 0 Å². The van der Waals surface area contributed by atoms with E-state index >= 15 is 0 Å². The molecule has 2 rings (SSSR count). The van der Waals surface area contributed by atoms with Gasteiger partial charge in [0, 0.05) is 37.2 Å². The van der Waals surface area contributed by atoms with Crippen LogP contribution in [0.15, 0.2) is 12.2 Å². The molecule has 1 N–H and O–H groups in total. The maximum Gasteiger partial charge on any atom is 0.0666 e. The molecule has 3 atom stereocenters. The third-order valence-corrected chi connectivity index (χ3v) is 2.62. The largest absolute Gasteiger partial charge is 0.548 e. The summed E-state index contributed by atoms with van der Waals surface area (Å²) in [6.45, 7) is 2.06. The molecule has 0 amide bonds. The molecule has 1 aliphatic carbocycles. The van der Waals surface area contributed by atoms with Crippen LogP contribution in [-0.2, 0) is 4.74 Å². The average Bonchev–Trinajstić information content (AvgIpc) is 2.47. The number of fused-ring (bicyclic) bond motifs is 1. The van der Waals surface area contributed by atoms with Crippen LogP contribution in [0.5, 0.6) is 0 Å². The van der Waals surface area contributed by atoms with Crippen LogP contribution >= 0.6 is 0 Å². The van der Waals surface area contributed by atoms with Crippen molar-refractivity contribution in [1.82, 2.24) is 0 Å². The van der Waals surface area contributed by atoms with Gasteiger partial charge in [-0.1, -0.05) is 18.6 Å². The molecule has 0 aromatic heterocycles. The van der Waals surface area contributed by atoms with Crippen molar-refractivity contribution in [2.75, 3.05) is 6.61 Å². The van der Waals surface area contributed by atoms with Crippen LogP contribution in [0.25, 0.3) is 0 Å². The first-order valence-electron chi connectivity index (χ1n) is 4.16. The number of aliphatic hydroxyl groups is 1. The molecule has 0 aromatic rings. The van der Waals surface area contributed by atoms with E-state index in [9.17, 15) is 0 Å². The predicted molar refractivity (Wildman–Crippen MR) is 41.6 cm³/mol. The van der Waals surface area contributed by atoms with Gasteiger partial charge >= 0.3 is 0 Å². The predicted octanol–water partition coefficient (Wildman–Crippen LogP) is 1.12. The van der Waals surface area contributed by atoms with Gasteiger partial charge in [-0.05, 0) is 12.3 Å². The summed E-state index contributed by atoms with van der Waals surface area (Å²) < 4.78 is 5.33. The molecule has 0 bridgehead atoms. The van der Waals surface area contributed by atoms with Crippen LogP contribution in [-0.4, -0.2) is 17.8 Å². The van der Waals surface area contributed by atoms with E-state index in [1.807, 2.05) is 6.61 Å². The molecule has 0 saturated carbocycles. The SMILES string of the molecule is OC[C@H]1O[CH-][C@@H]2CC=CC[C@@H]21.[U]. The minimum absolute atomic E-state index is 0. The first-order valence-corrected chi connectivity index (χ1v) is 4.16. The van der Waals surface area contributed by atoms with Crippen molar-refractivity contribution in [2.45, 2.75) is 18.9 Å². The monoisotopic (exact) mass is 391 g/mol. The molecule has 0 unspecified atom stereocenters. The number of aliphatic hydroxyl groups excluding tert-OH is 1. The first kappa shape index (κ1) is 10.8. The van der Waals surface area contributed by atoms with Gasteiger partial charge < -0.3 is 9.84 Å². The fourth-order valence-corrected chi connectivity index (χ4v) is 1.92. The van der Waals surface area contributed by atoms with E-state index in [2.05, 4.69) is 12.2 Å². The van der Waals surface area contributed by atoms with Crippen LogP contribution < -0.4 is 0 Å². The Morgan fingerprint density at radius 2 is 2.17 bits per heavy atom. The molecule has 3 heteroatoms. The van der Waals surface area contributed by atoms with Crippen LogP contribution in [0.3, 0.4) is 0 Å². The molecular formula is C9H13O2U-. The summed E-state index contributed by atoms with van der Waals surface area (Å²) in [6, 6.07) is 0. The zero-order valence-electron chi connectivity index (χ0n) is 6.94. The third-order valence-electron chi connectivity index (χ3n) is 2.62. The number of hydrogen-bond donors (Lipinski definition) is 1. The minimum Gasteiger partial charge on any atom is -0.548 e. The zero-order chi connectivity index (χ0) is 7.68. The van der Waals surface area contributed by atoms with Crippen LogP contribution in [0.4, 0.5) is 0 Å². The Kier molecular flexibility index (Phi) is 4.33.